The van der Waals surface area contributed by atoms with Crippen LogP contribution < -0.4 is 10.1 Å². The Balaban J connectivity index is 2.32. The van der Waals surface area contributed by atoms with Crippen molar-refractivity contribution in [2.45, 2.75) is 26.3 Å². The van der Waals surface area contributed by atoms with Crippen molar-refractivity contribution in [3.8, 4) is 5.75 Å². The summed E-state index contributed by atoms with van der Waals surface area (Å²) in [6.45, 7) is 3.03. The van der Waals surface area contributed by atoms with Gasteiger partial charge in [-0.3, -0.25) is 9.59 Å². The van der Waals surface area contributed by atoms with Crippen molar-refractivity contribution >= 4 is 41.0 Å². The van der Waals surface area contributed by atoms with E-state index in [1.54, 1.807) is 6.92 Å². The fourth-order valence-corrected chi connectivity index (χ4v) is 3.03. The van der Waals surface area contributed by atoms with Crippen molar-refractivity contribution in [1.29, 1.82) is 0 Å². The van der Waals surface area contributed by atoms with Crippen LogP contribution in [0.15, 0.2) is 42.5 Å². The van der Waals surface area contributed by atoms with Crippen LogP contribution >= 0.6 is 23.2 Å². The second-order valence-corrected chi connectivity index (χ2v) is 6.67. The summed E-state index contributed by atoms with van der Waals surface area (Å²) >= 11 is 12.1. The molecule has 0 saturated heterocycles. The number of halogens is 2. The van der Waals surface area contributed by atoms with Gasteiger partial charge in [-0.1, -0.05) is 53.5 Å². The number of amides is 1. The van der Waals surface area contributed by atoms with E-state index in [0.717, 1.165) is 5.56 Å². The summed E-state index contributed by atoms with van der Waals surface area (Å²) in [5, 5.41) is 2.80. The topological polar surface area (TPSA) is 81.7 Å². The Kier molecular flexibility index (Phi) is 7.84. The molecule has 2 rings (SSSR count). The Bertz CT molecular complexity index is 870. The SMILES string of the molecule is CCOC(=O)[C@H](Cc1ccccc1)NC(=O)c1cc(Cl)cc(Cl)c1OC(C)=O. The molecule has 1 atom stereocenters. The highest BCUT2D eigenvalue weighted by molar-refractivity contribution is 6.36. The van der Waals surface area contributed by atoms with E-state index in [-0.39, 0.29) is 34.4 Å². The van der Waals surface area contributed by atoms with E-state index >= 15 is 0 Å². The van der Waals surface area contributed by atoms with Crippen molar-refractivity contribution in [2.24, 2.45) is 0 Å². The monoisotopic (exact) mass is 423 g/mol. The molecule has 0 fully saturated rings. The maximum Gasteiger partial charge on any atom is 0.328 e. The molecule has 0 saturated carbocycles. The third kappa shape index (κ3) is 5.97. The van der Waals surface area contributed by atoms with Crippen molar-refractivity contribution in [1.82, 2.24) is 5.32 Å². The maximum absolute atomic E-state index is 12.8. The lowest BCUT2D eigenvalue weighted by Crippen LogP contribution is -2.43. The third-order valence-electron chi connectivity index (χ3n) is 3.66. The number of hydrogen-bond acceptors (Lipinski definition) is 5. The van der Waals surface area contributed by atoms with Gasteiger partial charge in [-0.2, -0.15) is 0 Å². The van der Waals surface area contributed by atoms with Gasteiger partial charge in [0.2, 0.25) is 0 Å². The lowest BCUT2D eigenvalue weighted by Gasteiger charge is -2.19. The molecule has 1 amide bonds. The molecular formula is C20H19Cl2NO5. The van der Waals surface area contributed by atoms with E-state index in [9.17, 15) is 14.4 Å². The molecule has 6 nitrogen and oxygen atoms in total. The second kappa shape index (κ2) is 10.1. The summed E-state index contributed by atoms with van der Waals surface area (Å²) in [5.74, 6) is -2.03. The number of carbonyl (C=O) groups is 3. The molecule has 0 radical (unpaired) electrons. The summed E-state index contributed by atoms with van der Waals surface area (Å²) in [5.41, 5.74) is 0.778. The minimum atomic E-state index is -0.946. The van der Waals surface area contributed by atoms with Gasteiger partial charge in [0.05, 0.1) is 17.2 Å². The van der Waals surface area contributed by atoms with Crippen LogP contribution in [-0.2, 0) is 20.7 Å². The molecule has 0 aliphatic rings. The standard InChI is InChI=1S/C20H19Cl2NO5/c1-3-27-20(26)17(9-13-7-5-4-6-8-13)23-19(25)15-10-14(21)11-16(22)18(15)28-12(2)24/h4-8,10-11,17H,3,9H2,1-2H3,(H,23,25)/t17-/m0/s1. The molecule has 0 aliphatic carbocycles. The number of hydrogen-bond donors (Lipinski definition) is 1. The fourth-order valence-electron chi connectivity index (χ4n) is 2.50. The lowest BCUT2D eigenvalue weighted by atomic mass is 10.1. The van der Waals surface area contributed by atoms with Gasteiger partial charge in [0.1, 0.15) is 6.04 Å². The van der Waals surface area contributed by atoms with Crippen molar-refractivity contribution in [3.63, 3.8) is 0 Å². The Labute approximate surface area is 172 Å². The summed E-state index contributed by atoms with van der Waals surface area (Å²) in [4.78, 5) is 36.5. The highest BCUT2D eigenvalue weighted by Gasteiger charge is 2.26. The molecule has 0 aromatic heterocycles. The van der Waals surface area contributed by atoms with Crippen molar-refractivity contribution in [3.05, 3.63) is 63.6 Å². The van der Waals surface area contributed by atoms with Gasteiger partial charge >= 0.3 is 11.9 Å². The summed E-state index contributed by atoms with van der Waals surface area (Å²) in [6, 6.07) is 10.9. The van der Waals surface area contributed by atoms with Crippen LogP contribution in [0.5, 0.6) is 5.75 Å². The average molecular weight is 424 g/mol. The Morgan fingerprint density at radius 3 is 2.39 bits per heavy atom. The Hall–Kier alpha value is -2.57. The number of nitrogens with one attached hydrogen (secondary N) is 1. The zero-order valence-corrected chi connectivity index (χ0v) is 16.8. The van der Waals surface area contributed by atoms with E-state index in [2.05, 4.69) is 5.32 Å². The zero-order chi connectivity index (χ0) is 20.7. The predicted molar refractivity (Wildman–Crippen MR) is 106 cm³/mol. The Morgan fingerprint density at radius 2 is 1.79 bits per heavy atom. The van der Waals surface area contributed by atoms with E-state index in [4.69, 9.17) is 32.7 Å². The van der Waals surface area contributed by atoms with Gasteiger partial charge in [0, 0.05) is 18.4 Å². The quantitative estimate of drug-likeness (QED) is 0.540. The van der Waals surface area contributed by atoms with Gasteiger partial charge in [-0.25, -0.2) is 4.79 Å². The van der Waals surface area contributed by atoms with Gasteiger partial charge in [0.25, 0.3) is 5.91 Å². The maximum atomic E-state index is 12.8. The molecule has 0 heterocycles. The molecule has 148 valence electrons. The van der Waals surface area contributed by atoms with E-state index in [1.807, 2.05) is 30.3 Å². The first-order chi connectivity index (χ1) is 13.3. The number of ether oxygens (including phenoxy) is 2. The summed E-state index contributed by atoms with van der Waals surface area (Å²) < 4.78 is 10.1. The van der Waals surface area contributed by atoms with Crippen LogP contribution in [-0.4, -0.2) is 30.5 Å². The smallest absolute Gasteiger partial charge is 0.328 e. The first-order valence-corrected chi connectivity index (χ1v) is 9.26. The van der Waals surface area contributed by atoms with Gasteiger partial charge in [-0.05, 0) is 24.6 Å². The second-order valence-electron chi connectivity index (χ2n) is 5.83. The minimum Gasteiger partial charge on any atom is -0.464 e. The largest absolute Gasteiger partial charge is 0.464 e. The number of esters is 2. The van der Waals surface area contributed by atoms with Crippen molar-refractivity contribution < 1.29 is 23.9 Å². The van der Waals surface area contributed by atoms with Crippen LogP contribution in [0.25, 0.3) is 0 Å². The molecule has 0 spiro atoms. The highest BCUT2D eigenvalue weighted by Crippen LogP contribution is 2.32. The minimum absolute atomic E-state index is 0.00333. The van der Waals surface area contributed by atoms with Crippen LogP contribution in [0.3, 0.4) is 0 Å². The number of benzene rings is 2. The highest BCUT2D eigenvalue weighted by atomic mass is 35.5. The predicted octanol–water partition coefficient (Wildman–Crippen LogP) is 3.82. The van der Waals surface area contributed by atoms with Crippen LogP contribution in [0, 0.1) is 0 Å². The van der Waals surface area contributed by atoms with Gasteiger partial charge < -0.3 is 14.8 Å². The first-order valence-electron chi connectivity index (χ1n) is 8.50. The number of rotatable bonds is 7. The zero-order valence-electron chi connectivity index (χ0n) is 15.3. The molecular weight excluding hydrogens is 405 g/mol. The van der Waals surface area contributed by atoms with Gasteiger partial charge in [-0.15, -0.1) is 0 Å². The normalized spacial score (nSPS) is 11.4. The van der Waals surface area contributed by atoms with Crippen LogP contribution in [0.1, 0.15) is 29.8 Å². The molecule has 1 N–H and O–H groups in total. The van der Waals surface area contributed by atoms with E-state index in [0.29, 0.717) is 0 Å². The fraction of sp³-hybridized carbons (Fsp3) is 0.250. The molecule has 0 unspecified atom stereocenters. The first kappa shape index (κ1) is 21.7. The van der Waals surface area contributed by atoms with Gasteiger partial charge in [0.15, 0.2) is 5.75 Å². The molecule has 8 heteroatoms. The average Bonchev–Trinajstić information content (AvgIpc) is 2.64. The summed E-state index contributed by atoms with van der Waals surface area (Å²) in [7, 11) is 0. The molecule has 2 aromatic carbocycles. The number of carbonyl (C=O) groups excluding carboxylic acids is 3. The molecule has 2 aromatic rings. The third-order valence-corrected chi connectivity index (χ3v) is 4.16. The molecule has 28 heavy (non-hydrogen) atoms. The molecule has 0 aliphatic heterocycles. The van der Waals surface area contributed by atoms with Crippen LogP contribution in [0.4, 0.5) is 0 Å². The lowest BCUT2D eigenvalue weighted by molar-refractivity contribution is -0.145. The summed E-state index contributed by atoms with van der Waals surface area (Å²) in [6.07, 6.45) is 0.225. The van der Waals surface area contributed by atoms with Crippen molar-refractivity contribution in [2.75, 3.05) is 6.61 Å². The van der Waals surface area contributed by atoms with E-state index in [1.165, 1.54) is 19.1 Å². The van der Waals surface area contributed by atoms with Crippen LogP contribution in [0.2, 0.25) is 10.0 Å². The molecule has 0 bridgehead atoms. The Morgan fingerprint density at radius 1 is 1.11 bits per heavy atom. The van der Waals surface area contributed by atoms with E-state index < -0.39 is 23.9 Å².